The van der Waals surface area contributed by atoms with Gasteiger partial charge in [-0.25, -0.2) is 25.1 Å². The van der Waals surface area contributed by atoms with Crippen LogP contribution in [0, 0.1) is 100 Å². The molecule has 10 nitrogen and oxygen atoms in total. The van der Waals surface area contributed by atoms with E-state index >= 15 is 0 Å². The number of hydrogen-bond donors (Lipinski definition) is 0. The van der Waals surface area contributed by atoms with Gasteiger partial charge in [0.25, 0.3) is 11.4 Å². The van der Waals surface area contributed by atoms with E-state index in [1.165, 1.54) is 0 Å². The summed E-state index contributed by atoms with van der Waals surface area (Å²) < 4.78 is 57.3. The Morgan fingerprint density at radius 2 is 1.00 bits per heavy atom. The molecule has 5 rings (SSSR count). The molecule has 0 fully saturated rings. The van der Waals surface area contributed by atoms with Gasteiger partial charge in [0.15, 0.2) is 0 Å². The van der Waals surface area contributed by atoms with Crippen molar-refractivity contribution in [2.75, 3.05) is 0 Å². The Morgan fingerprint density at radius 3 is 1.39 bits per heavy atom. The number of nitrogens with zero attached hydrogens (tertiary/aromatic N) is 10. The number of fused-ring (bicyclic) bond motifs is 2. The van der Waals surface area contributed by atoms with E-state index in [9.17, 15) is 43.9 Å². The van der Waals surface area contributed by atoms with Crippen LogP contribution in [0.25, 0.3) is 48.1 Å². The maximum Gasteiger partial charge on any atom is 0.270 e. The van der Waals surface area contributed by atoms with Crippen molar-refractivity contribution in [3.05, 3.63) is 138 Å². The standard InChI is InChI=1S/C32H4F4N10/c1-42-18(11-40)30-24(13-4-20(33)45-21(34)5-13)15(8-37)26-16(9-38)29-28(17(10-39)27(26)30)31(19(12-41)43-2)25(32(29)44-3)14-6-22(35)46-23(36)7-14/h4-7H/b30-18-,31-19+. The number of halogens is 4. The lowest BCUT2D eigenvalue weighted by Gasteiger charge is -2.17. The highest BCUT2D eigenvalue weighted by atomic mass is 19.1. The zero-order valence-corrected chi connectivity index (χ0v) is 22.3. The van der Waals surface area contributed by atoms with Crippen molar-refractivity contribution in [1.82, 2.24) is 9.97 Å². The number of allylic oxidation sites excluding steroid dienone is 7. The second kappa shape index (κ2) is 11.1. The Balaban J connectivity index is 2.14. The lowest BCUT2D eigenvalue weighted by Crippen LogP contribution is -2.04. The largest absolute Gasteiger partial charge is 0.270 e. The van der Waals surface area contributed by atoms with Gasteiger partial charge in [0.1, 0.15) is 12.1 Å². The Labute approximate surface area is 255 Å². The highest BCUT2D eigenvalue weighted by Gasteiger charge is 2.43. The van der Waals surface area contributed by atoms with E-state index in [1.54, 1.807) is 18.2 Å². The summed E-state index contributed by atoms with van der Waals surface area (Å²) in [6.07, 6.45) is 0. The van der Waals surface area contributed by atoms with E-state index in [0.717, 1.165) is 0 Å². The first-order valence-corrected chi connectivity index (χ1v) is 12.2. The van der Waals surface area contributed by atoms with Gasteiger partial charge in [-0.2, -0.15) is 43.3 Å². The fourth-order valence-electron chi connectivity index (χ4n) is 5.46. The Morgan fingerprint density at radius 1 is 0.587 bits per heavy atom. The number of aromatic nitrogens is 2. The first-order valence-electron chi connectivity index (χ1n) is 12.2. The summed E-state index contributed by atoms with van der Waals surface area (Å²) in [5, 5.41) is 51.2. The minimum absolute atomic E-state index is 0.388. The molecule has 2 heterocycles. The summed E-state index contributed by atoms with van der Waals surface area (Å²) in [5.74, 6) is -5.38. The second-order valence-corrected chi connectivity index (χ2v) is 9.07. The number of hydrogen-bond acceptors (Lipinski definition) is 7. The molecule has 1 aromatic carbocycles. The van der Waals surface area contributed by atoms with Gasteiger partial charge in [0, 0.05) is 34.4 Å². The SMILES string of the molecule is [C-]#[N+]C1=C(c2cc(F)nc(F)c2)/C(=C(/C#N)[N+]#[C-])c2c(C#N)c3c(c(C#N)c21)C(C#N)=C(c1cc(F)nc(F)c1)/C3=C(\C#N)[N+]#[C-]. The summed E-state index contributed by atoms with van der Waals surface area (Å²) in [5.41, 5.74) is -7.84. The van der Waals surface area contributed by atoms with Crippen LogP contribution in [-0.2, 0) is 0 Å². The molecule has 46 heavy (non-hydrogen) atoms. The molecule has 0 amide bonds. The molecule has 0 unspecified atom stereocenters. The van der Waals surface area contributed by atoms with Gasteiger partial charge in [-0.05, 0) is 45.5 Å². The molecule has 14 heteroatoms. The van der Waals surface area contributed by atoms with Gasteiger partial charge in [-0.1, -0.05) is 0 Å². The van der Waals surface area contributed by atoms with E-state index < -0.39 is 108 Å². The van der Waals surface area contributed by atoms with Crippen molar-refractivity contribution < 1.29 is 17.6 Å². The van der Waals surface area contributed by atoms with Crippen LogP contribution in [0.3, 0.4) is 0 Å². The van der Waals surface area contributed by atoms with E-state index in [-0.39, 0.29) is 5.56 Å². The summed E-state index contributed by atoms with van der Waals surface area (Å²) in [6, 6.07) is 11.5. The van der Waals surface area contributed by atoms with Gasteiger partial charge in [0.2, 0.25) is 29.5 Å². The smallest absolute Gasteiger partial charge is 0.237 e. The first-order chi connectivity index (χ1) is 22.1. The number of rotatable bonds is 2. The lowest BCUT2D eigenvalue weighted by atomic mass is 9.83. The fraction of sp³-hybridized carbons (Fsp3) is 0. The average molecular weight is 604 g/mol. The molecule has 210 valence electrons. The Kier molecular flexibility index (Phi) is 7.13. The lowest BCUT2D eigenvalue weighted by molar-refractivity contribution is 0.511. The van der Waals surface area contributed by atoms with Crippen molar-refractivity contribution >= 4 is 33.6 Å². The minimum Gasteiger partial charge on any atom is -0.237 e. The normalized spacial score (nSPS) is 14.7. The third-order valence-corrected chi connectivity index (χ3v) is 6.93. The maximum absolute atomic E-state index is 14.3. The highest BCUT2D eigenvalue weighted by molar-refractivity contribution is 6.31. The molecule has 0 saturated carbocycles. The van der Waals surface area contributed by atoms with Crippen molar-refractivity contribution in [3.63, 3.8) is 0 Å². The molecular formula is C32H4F4N10. The van der Waals surface area contributed by atoms with Gasteiger partial charge < -0.3 is 0 Å². The van der Waals surface area contributed by atoms with E-state index in [1.807, 2.05) is 12.1 Å². The molecule has 0 bridgehead atoms. The highest BCUT2D eigenvalue weighted by Crippen LogP contribution is 2.58. The molecular weight excluding hydrogens is 600 g/mol. The Bertz CT molecular complexity index is 2270. The maximum atomic E-state index is 14.3. The van der Waals surface area contributed by atoms with Gasteiger partial charge in [-0.3, -0.25) is 0 Å². The molecule has 0 radical (unpaired) electrons. The van der Waals surface area contributed by atoms with Crippen LogP contribution in [0.1, 0.15) is 44.5 Å². The molecule has 2 aliphatic carbocycles. The van der Waals surface area contributed by atoms with Crippen LogP contribution in [0.4, 0.5) is 17.6 Å². The van der Waals surface area contributed by atoms with E-state index in [0.29, 0.717) is 24.3 Å². The summed E-state index contributed by atoms with van der Waals surface area (Å²) >= 11 is 0. The molecule has 0 atom stereocenters. The van der Waals surface area contributed by atoms with E-state index in [4.69, 9.17) is 19.7 Å². The monoisotopic (exact) mass is 604 g/mol. The van der Waals surface area contributed by atoms with Crippen molar-refractivity contribution in [3.8, 4) is 30.3 Å². The predicted octanol–water partition coefficient (Wildman–Crippen LogP) is 6.33. The molecule has 2 aliphatic rings. The van der Waals surface area contributed by atoms with Crippen molar-refractivity contribution in [2.24, 2.45) is 0 Å². The van der Waals surface area contributed by atoms with Gasteiger partial charge >= 0.3 is 0 Å². The summed E-state index contributed by atoms with van der Waals surface area (Å²) in [7, 11) is 0. The number of benzene rings is 1. The molecule has 3 aromatic rings. The topological polar surface area (TPSA) is 158 Å². The second-order valence-electron chi connectivity index (χ2n) is 9.07. The zero-order valence-electron chi connectivity index (χ0n) is 22.3. The van der Waals surface area contributed by atoms with Crippen LogP contribution in [0.2, 0.25) is 0 Å². The quantitative estimate of drug-likeness (QED) is 0.143. The molecule has 2 aromatic heterocycles. The average Bonchev–Trinajstić information content (AvgIpc) is 3.54. The molecule has 0 saturated heterocycles. The predicted molar refractivity (Wildman–Crippen MR) is 148 cm³/mol. The van der Waals surface area contributed by atoms with Crippen molar-refractivity contribution in [1.29, 1.82) is 26.3 Å². The van der Waals surface area contributed by atoms with Crippen LogP contribution >= 0.6 is 0 Å². The van der Waals surface area contributed by atoms with Gasteiger partial charge in [0.05, 0.1) is 54.6 Å². The van der Waals surface area contributed by atoms with Crippen molar-refractivity contribution in [2.45, 2.75) is 0 Å². The van der Waals surface area contributed by atoms with Crippen LogP contribution in [0.15, 0.2) is 35.7 Å². The third-order valence-electron chi connectivity index (χ3n) is 6.93. The number of pyridine rings is 2. The zero-order chi connectivity index (χ0) is 33.4. The molecule has 0 aliphatic heterocycles. The Hall–Kier alpha value is -7.88. The summed E-state index contributed by atoms with van der Waals surface area (Å²) in [4.78, 5) is 15.8. The third kappa shape index (κ3) is 4.11. The minimum atomic E-state index is -1.35. The van der Waals surface area contributed by atoms with E-state index in [2.05, 4.69) is 24.5 Å². The summed E-state index contributed by atoms with van der Waals surface area (Å²) in [6.45, 7) is 23.2. The number of nitriles is 5. The van der Waals surface area contributed by atoms with Gasteiger partial charge in [-0.15, -0.1) is 0 Å². The molecule has 0 spiro atoms. The van der Waals surface area contributed by atoms with Crippen LogP contribution in [0.5, 0.6) is 0 Å². The van der Waals surface area contributed by atoms with Crippen LogP contribution in [-0.4, -0.2) is 9.97 Å². The fourth-order valence-corrected chi connectivity index (χ4v) is 5.46. The molecule has 0 N–H and O–H groups in total. The first kappa shape index (κ1) is 29.6. The van der Waals surface area contributed by atoms with Crippen LogP contribution < -0.4 is 0 Å².